The predicted molar refractivity (Wildman–Crippen MR) is 111 cm³/mol. The van der Waals surface area contributed by atoms with E-state index in [1.165, 1.54) is 4.88 Å². The Kier molecular flexibility index (Phi) is 8.04. The van der Waals surface area contributed by atoms with Gasteiger partial charge in [0.1, 0.15) is 0 Å². The third-order valence-corrected chi connectivity index (χ3v) is 6.10. The maximum atomic E-state index is 11.5. The smallest absolute Gasteiger partial charge is 0.209 e. The van der Waals surface area contributed by atoms with Gasteiger partial charge in [-0.1, -0.05) is 6.07 Å². The highest BCUT2D eigenvalue weighted by molar-refractivity contribution is 7.88. The van der Waals surface area contributed by atoms with E-state index in [-0.39, 0.29) is 6.04 Å². The van der Waals surface area contributed by atoms with E-state index in [4.69, 9.17) is 4.74 Å². The van der Waals surface area contributed by atoms with Crippen molar-refractivity contribution in [2.75, 3.05) is 52.7 Å². The number of hydrogen-bond donors (Lipinski definition) is 3. The number of morpholine rings is 1. The van der Waals surface area contributed by atoms with Crippen LogP contribution in [-0.2, 0) is 14.8 Å². The Bertz CT molecular complexity index is 698. The van der Waals surface area contributed by atoms with E-state index in [1.807, 2.05) is 13.8 Å². The van der Waals surface area contributed by atoms with Gasteiger partial charge in [-0.05, 0) is 25.3 Å². The molecule has 10 heteroatoms. The van der Waals surface area contributed by atoms with E-state index in [0.29, 0.717) is 19.0 Å². The quantitative estimate of drug-likeness (QED) is 0.424. The summed E-state index contributed by atoms with van der Waals surface area (Å²) in [7, 11) is -1.56. The van der Waals surface area contributed by atoms with Crippen LogP contribution in [0.3, 0.4) is 0 Å². The second kappa shape index (κ2) is 9.83. The maximum absolute atomic E-state index is 11.5. The van der Waals surface area contributed by atoms with Crippen LogP contribution in [0.5, 0.6) is 0 Å². The first-order chi connectivity index (χ1) is 12.7. The van der Waals surface area contributed by atoms with Crippen molar-refractivity contribution in [1.29, 1.82) is 0 Å². The summed E-state index contributed by atoms with van der Waals surface area (Å²) < 4.78 is 31.1. The maximum Gasteiger partial charge on any atom is 0.209 e. The molecule has 0 amide bonds. The summed E-state index contributed by atoms with van der Waals surface area (Å²) >= 11 is 1.75. The number of nitrogens with one attached hydrogen (secondary N) is 3. The van der Waals surface area contributed by atoms with Crippen LogP contribution in [0, 0.1) is 0 Å². The molecule has 0 aromatic carbocycles. The molecule has 1 atom stereocenters. The van der Waals surface area contributed by atoms with E-state index < -0.39 is 15.6 Å². The molecule has 1 fully saturated rings. The van der Waals surface area contributed by atoms with Crippen LogP contribution in [0.25, 0.3) is 0 Å². The van der Waals surface area contributed by atoms with Gasteiger partial charge in [-0.15, -0.1) is 11.3 Å². The van der Waals surface area contributed by atoms with E-state index in [0.717, 1.165) is 32.6 Å². The fraction of sp³-hybridized carbons (Fsp3) is 0.706. The van der Waals surface area contributed by atoms with Crippen LogP contribution in [0.1, 0.15) is 24.8 Å². The van der Waals surface area contributed by atoms with Crippen LogP contribution in [-0.4, -0.2) is 77.5 Å². The molecule has 1 saturated heterocycles. The van der Waals surface area contributed by atoms with Crippen LogP contribution in [0.2, 0.25) is 0 Å². The Morgan fingerprint density at radius 1 is 1.37 bits per heavy atom. The van der Waals surface area contributed by atoms with Gasteiger partial charge < -0.3 is 15.4 Å². The zero-order valence-corrected chi connectivity index (χ0v) is 18.1. The monoisotopic (exact) mass is 417 g/mol. The topological polar surface area (TPSA) is 95.1 Å². The van der Waals surface area contributed by atoms with Crippen LogP contribution in [0.4, 0.5) is 0 Å². The first-order valence-electron chi connectivity index (χ1n) is 8.99. The first-order valence-corrected chi connectivity index (χ1v) is 11.8. The number of rotatable bonds is 8. The Morgan fingerprint density at radius 3 is 2.63 bits per heavy atom. The highest BCUT2D eigenvalue weighted by Crippen LogP contribution is 2.25. The Morgan fingerprint density at radius 2 is 2.07 bits per heavy atom. The molecular formula is C17H31N5O3S2. The van der Waals surface area contributed by atoms with Crippen LogP contribution < -0.4 is 15.4 Å². The minimum atomic E-state index is -3.27. The molecule has 0 saturated carbocycles. The van der Waals surface area contributed by atoms with E-state index in [1.54, 1.807) is 18.4 Å². The fourth-order valence-corrected chi connectivity index (χ4v) is 4.97. The van der Waals surface area contributed by atoms with Gasteiger partial charge in [0.2, 0.25) is 10.0 Å². The minimum absolute atomic E-state index is 0.245. The van der Waals surface area contributed by atoms with Gasteiger partial charge in [-0.2, -0.15) is 0 Å². The van der Waals surface area contributed by atoms with E-state index in [2.05, 4.69) is 42.8 Å². The van der Waals surface area contributed by atoms with E-state index in [9.17, 15) is 8.42 Å². The average Bonchev–Trinajstić information content (AvgIpc) is 3.11. The SMILES string of the molecule is CN=C(NCC(c1cccs1)N1CCOCC1)NCC(C)(C)NS(C)(=O)=O. The lowest BCUT2D eigenvalue weighted by Gasteiger charge is -2.34. The number of hydrogen-bond acceptors (Lipinski definition) is 6. The molecule has 0 aliphatic carbocycles. The van der Waals surface area contributed by atoms with Gasteiger partial charge in [0.25, 0.3) is 0 Å². The largest absolute Gasteiger partial charge is 0.379 e. The number of ether oxygens (including phenoxy) is 1. The molecule has 1 aromatic heterocycles. The lowest BCUT2D eigenvalue weighted by Crippen LogP contribution is -2.53. The van der Waals surface area contributed by atoms with Crippen molar-refractivity contribution in [3.05, 3.63) is 22.4 Å². The molecule has 27 heavy (non-hydrogen) atoms. The number of thiophene rings is 1. The van der Waals surface area contributed by atoms with Crippen LogP contribution in [0.15, 0.2) is 22.5 Å². The fourth-order valence-electron chi connectivity index (χ4n) is 3.04. The van der Waals surface area contributed by atoms with Crippen molar-refractivity contribution in [2.24, 2.45) is 4.99 Å². The highest BCUT2D eigenvalue weighted by atomic mass is 32.2. The molecule has 3 N–H and O–H groups in total. The summed E-state index contributed by atoms with van der Waals surface area (Å²) in [4.78, 5) is 7.99. The molecule has 1 aromatic rings. The third-order valence-electron chi connectivity index (χ3n) is 4.20. The number of sulfonamides is 1. The minimum Gasteiger partial charge on any atom is -0.379 e. The predicted octanol–water partition coefficient (Wildman–Crippen LogP) is 0.614. The van der Waals surface area contributed by atoms with Crippen molar-refractivity contribution in [1.82, 2.24) is 20.3 Å². The van der Waals surface area contributed by atoms with Gasteiger partial charge in [-0.25, -0.2) is 13.1 Å². The molecule has 1 unspecified atom stereocenters. The summed E-state index contributed by atoms with van der Waals surface area (Å²) in [5, 5.41) is 8.68. The standard InChI is InChI=1S/C17H31N5O3S2/c1-17(2,21-27(4,23)24)13-20-16(18-3)19-12-14(15-6-5-11-26-15)22-7-9-25-10-8-22/h5-6,11,14,21H,7-10,12-13H2,1-4H3,(H2,18,19,20). The van der Waals surface area contributed by atoms with Gasteiger partial charge in [0.15, 0.2) is 5.96 Å². The Hall–Kier alpha value is -1.20. The molecule has 154 valence electrons. The zero-order valence-electron chi connectivity index (χ0n) is 16.5. The van der Waals surface area contributed by atoms with Gasteiger partial charge in [0.05, 0.1) is 25.5 Å². The second-order valence-electron chi connectivity index (χ2n) is 7.24. The molecule has 2 heterocycles. The molecule has 1 aliphatic heterocycles. The van der Waals surface area contributed by atoms with Gasteiger partial charge in [-0.3, -0.25) is 9.89 Å². The number of nitrogens with zero attached hydrogens (tertiary/aromatic N) is 2. The summed E-state index contributed by atoms with van der Waals surface area (Å²) in [6, 6.07) is 4.47. The highest BCUT2D eigenvalue weighted by Gasteiger charge is 2.25. The lowest BCUT2D eigenvalue weighted by atomic mass is 10.1. The van der Waals surface area contributed by atoms with Crippen molar-refractivity contribution < 1.29 is 13.2 Å². The molecule has 8 nitrogen and oxygen atoms in total. The molecule has 0 spiro atoms. The molecule has 1 aliphatic rings. The van der Waals surface area contributed by atoms with Crippen molar-refractivity contribution in [3.8, 4) is 0 Å². The zero-order chi connectivity index (χ0) is 19.9. The molecule has 2 rings (SSSR count). The van der Waals surface area contributed by atoms with Gasteiger partial charge in [0, 0.05) is 43.6 Å². The molecule has 0 radical (unpaired) electrons. The summed E-state index contributed by atoms with van der Waals surface area (Å²) in [5.74, 6) is 0.646. The Balaban J connectivity index is 1.94. The number of aliphatic imine (C=N–C) groups is 1. The van der Waals surface area contributed by atoms with Crippen molar-refractivity contribution >= 4 is 27.3 Å². The lowest BCUT2D eigenvalue weighted by molar-refractivity contribution is 0.0177. The third kappa shape index (κ3) is 7.74. The summed E-state index contributed by atoms with van der Waals surface area (Å²) in [6.45, 7) is 8.09. The van der Waals surface area contributed by atoms with Gasteiger partial charge >= 0.3 is 0 Å². The normalized spacial score (nSPS) is 18.3. The van der Waals surface area contributed by atoms with Crippen molar-refractivity contribution in [3.63, 3.8) is 0 Å². The average molecular weight is 418 g/mol. The molecular weight excluding hydrogens is 386 g/mol. The van der Waals surface area contributed by atoms with Crippen LogP contribution >= 0.6 is 11.3 Å². The second-order valence-corrected chi connectivity index (χ2v) is 9.97. The number of guanidine groups is 1. The van der Waals surface area contributed by atoms with Crippen molar-refractivity contribution in [2.45, 2.75) is 25.4 Å². The first kappa shape index (κ1) is 22.1. The van der Waals surface area contributed by atoms with E-state index >= 15 is 0 Å². The Labute approximate surface area is 166 Å². The summed E-state index contributed by atoms with van der Waals surface area (Å²) in [5.41, 5.74) is -0.622. The molecule has 0 bridgehead atoms. The summed E-state index contributed by atoms with van der Waals surface area (Å²) in [6.07, 6.45) is 1.16.